The van der Waals surface area contributed by atoms with Crippen molar-refractivity contribution >= 4 is 28.4 Å². The number of benzene rings is 1. The van der Waals surface area contributed by atoms with Crippen LogP contribution in [0.2, 0.25) is 5.02 Å². The first-order valence-electron chi connectivity index (χ1n) is 6.06. The minimum Gasteiger partial charge on any atom is -0.351 e. The predicted octanol–water partition coefficient (Wildman–Crippen LogP) is 3.60. The monoisotopic (exact) mass is 264 g/mol. The molecule has 2 aromatic rings. The van der Waals surface area contributed by atoms with E-state index in [1.807, 2.05) is 25.1 Å². The number of carbonyl (C=O) groups excluding carboxylic acids is 1. The summed E-state index contributed by atoms with van der Waals surface area (Å²) in [7, 11) is 0. The highest BCUT2D eigenvalue weighted by atomic mass is 35.5. The van der Waals surface area contributed by atoms with E-state index in [-0.39, 0.29) is 11.9 Å². The molecule has 1 amide bonds. The van der Waals surface area contributed by atoms with E-state index in [0.29, 0.717) is 16.6 Å². The quantitative estimate of drug-likeness (QED) is 0.874. The Morgan fingerprint density at radius 1 is 1.28 bits per heavy atom. The first kappa shape index (κ1) is 13.0. The van der Waals surface area contributed by atoms with Gasteiger partial charge in [-0.2, -0.15) is 0 Å². The lowest BCUT2D eigenvalue weighted by atomic mass is 10.1. The largest absolute Gasteiger partial charge is 0.351 e. The van der Waals surface area contributed by atoms with Gasteiger partial charge in [0, 0.05) is 22.0 Å². The molecule has 3 nitrogen and oxygen atoms in total. The van der Waals surface area contributed by atoms with Gasteiger partial charge in [0.2, 0.25) is 0 Å². The highest BCUT2D eigenvalue weighted by molar-refractivity contribution is 6.31. The zero-order chi connectivity index (χ0) is 13.3. The molecule has 0 aliphatic rings. The zero-order valence-electron chi connectivity index (χ0n) is 10.8. The Morgan fingerprint density at radius 3 is 2.67 bits per heavy atom. The third-order valence-corrected chi connectivity index (χ3v) is 3.42. The molecule has 1 heterocycles. The van der Waals surface area contributed by atoms with Crippen LogP contribution in [0.25, 0.3) is 10.9 Å². The minimum absolute atomic E-state index is 0.0801. The Bertz CT molecular complexity index is 574. The van der Waals surface area contributed by atoms with Crippen molar-refractivity contribution in [2.75, 3.05) is 0 Å². The van der Waals surface area contributed by atoms with Gasteiger partial charge in [-0.1, -0.05) is 25.4 Å². The number of aromatic amines is 1. The van der Waals surface area contributed by atoms with Crippen molar-refractivity contribution in [3.8, 4) is 0 Å². The number of carbonyl (C=O) groups is 1. The highest BCUT2D eigenvalue weighted by Gasteiger charge is 2.14. The predicted molar refractivity (Wildman–Crippen MR) is 75.1 cm³/mol. The number of aromatic nitrogens is 1. The van der Waals surface area contributed by atoms with Crippen molar-refractivity contribution in [2.45, 2.75) is 26.8 Å². The number of rotatable bonds is 3. The van der Waals surface area contributed by atoms with Crippen molar-refractivity contribution < 1.29 is 4.79 Å². The van der Waals surface area contributed by atoms with Crippen molar-refractivity contribution in [3.63, 3.8) is 0 Å². The number of nitrogens with one attached hydrogen (secondary N) is 2. The standard InChI is InChI=1S/C14H17ClN2O/c1-8(2)9(3)16-14(18)13-7-10-6-11(15)4-5-12(10)17-13/h4-9,17H,1-3H3,(H,16,18). The normalized spacial score (nSPS) is 12.9. The summed E-state index contributed by atoms with van der Waals surface area (Å²) in [6.07, 6.45) is 0. The van der Waals surface area contributed by atoms with Gasteiger partial charge in [0.15, 0.2) is 0 Å². The van der Waals surface area contributed by atoms with Crippen LogP contribution in [0, 0.1) is 5.92 Å². The van der Waals surface area contributed by atoms with Gasteiger partial charge in [0.05, 0.1) is 0 Å². The Labute approximate surface area is 112 Å². The van der Waals surface area contributed by atoms with Crippen LogP contribution in [0.15, 0.2) is 24.3 Å². The molecule has 0 aliphatic heterocycles. The molecule has 4 heteroatoms. The average molecular weight is 265 g/mol. The molecule has 18 heavy (non-hydrogen) atoms. The van der Waals surface area contributed by atoms with Crippen LogP contribution >= 0.6 is 11.6 Å². The van der Waals surface area contributed by atoms with E-state index in [9.17, 15) is 4.79 Å². The van der Waals surface area contributed by atoms with Crippen molar-refractivity contribution in [1.29, 1.82) is 0 Å². The van der Waals surface area contributed by atoms with Crippen LogP contribution in [0.4, 0.5) is 0 Å². The summed E-state index contributed by atoms with van der Waals surface area (Å²) >= 11 is 5.92. The first-order chi connectivity index (χ1) is 8.47. The fourth-order valence-electron chi connectivity index (χ4n) is 1.68. The maximum Gasteiger partial charge on any atom is 0.267 e. The smallest absolute Gasteiger partial charge is 0.267 e. The fourth-order valence-corrected chi connectivity index (χ4v) is 1.86. The van der Waals surface area contributed by atoms with Gasteiger partial charge in [-0.15, -0.1) is 0 Å². The number of hydrogen-bond donors (Lipinski definition) is 2. The summed E-state index contributed by atoms with van der Waals surface area (Å²) in [5.41, 5.74) is 1.49. The Hall–Kier alpha value is -1.48. The third-order valence-electron chi connectivity index (χ3n) is 3.19. The molecule has 1 aromatic heterocycles. The van der Waals surface area contributed by atoms with Crippen LogP contribution in [0.5, 0.6) is 0 Å². The van der Waals surface area contributed by atoms with Crippen LogP contribution in [0.3, 0.4) is 0 Å². The number of fused-ring (bicyclic) bond motifs is 1. The zero-order valence-corrected chi connectivity index (χ0v) is 11.5. The molecule has 96 valence electrons. The van der Waals surface area contributed by atoms with E-state index in [0.717, 1.165) is 10.9 Å². The lowest BCUT2D eigenvalue weighted by molar-refractivity contribution is 0.0926. The molecule has 0 spiro atoms. The lowest BCUT2D eigenvalue weighted by Gasteiger charge is -2.16. The molecule has 0 saturated carbocycles. The van der Waals surface area contributed by atoms with Gasteiger partial charge in [-0.25, -0.2) is 0 Å². The van der Waals surface area contributed by atoms with Gasteiger partial charge in [-0.3, -0.25) is 4.79 Å². The topological polar surface area (TPSA) is 44.9 Å². The van der Waals surface area contributed by atoms with Gasteiger partial charge < -0.3 is 10.3 Å². The number of halogens is 1. The summed E-state index contributed by atoms with van der Waals surface area (Å²) in [6.45, 7) is 6.16. The highest BCUT2D eigenvalue weighted by Crippen LogP contribution is 2.20. The van der Waals surface area contributed by atoms with E-state index >= 15 is 0 Å². The van der Waals surface area contributed by atoms with E-state index in [4.69, 9.17) is 11.6 Å². The minimum atomic E-state index is -0.0801. The van der Waals surface area contributed by atoms with Crippen molar-refractivity contribution in [3.05, 3.63) is 35.0 Å². The maximum atomic E-state index is 12.0. The molecule has 2 rings (SSSR count). The second kappa shape index (κ2) is 5.02. The molecular weight excluding hydrogens is 248 g/mol. The Balaban J connectivity index is 2.23. The molecule has 0 bridgehead atoms. The van der Waals surface area contributed by atoms with Crippen LogP contribution in [0.1, 0.15) is 31.3 Å². The van der Waals surface area contributed by atoms with Crippen LogP contribution in [-0.4, -0.2) is 16.9 Å². The van der Waals surface area contributed by atoms with Crippen LogP contribution in [-0.2, 0) is 0 Å². The Morgan fingerprint density at radius 2 is 2.00 bits per heavy atom. The number of amides is 1. The SMILES string of the molecule is CC(C)C(C)NC(=O)c1cc2cc(Cl)ccc2[nH]1. The second-order valence-corrected chi connectivity index (χ2v) is 5.36. The average Bonchev–Trinajstić information content (AvgIpc) is 2.71. The molecule has 0 aliphatic carbocycles. The fraction of sp³-hybridized carbons (Fsp3) is 0.357. The summed E-state index contributed by atoms with van der Waals surface area (Å²) in [5, 5.41) is 4.59. The molecule has 0 fully saturated rings. The summed E-state index contributed by atoms with van der Waals surface area (Å²) in [6, 6.07) is 7.49. The Kier molecular flexibility index (Phi) is 3.62. The van der Waals surface area contributed by atoms with Gasteiger partial charge in [0.25, 0.3) is 5.91 Å². The van der Waals surface area contributed by atoms with E-state index in [1.165, 1.54) is 0 Å². The van der Waals surface area contributed by atoms with E-state index in [2.05, 4.69) is 24.1 Å². The third kappa shape index (κ3) is 2.67. The summed E-state index contributed by atoms with van der Waals surface area (Å²) in [4.78, 5) is 15.1. The lowest BCUT2D eigenvalue weighted by Crippen LogP contribution is -2.36. The molecular formula is C14H17ClN2O. The van der Waals surface area contributed by atoms with Crippen molar-refractivity contribution in [2.24, 2.45) is 5.92 Å². The van der Waals surface area contributed by atoms with Gasteiger partial charge >= 0.3 is 0 Å². The number of H-pyrrole nitrogens is 1. The maximum absolute atomic E-state index is 12.0. The summed E-state index contributed by atoms with van der Waals surface area (Å²) in [5.74, 6) is 0.330. The molecule has 1 aromatic carbocycles. The van der Waals surface area contributed by atoms with E-state index in [1.54, 1.807) is 6.07 Å². The van der Waals surface area contributed by atoms with E-state index < -0.39 is 0 Å². The van der Waals surface area contributed by atoms with Gasteiger partial charge in [-0.05, 0) is 37.1 Å². The molecule has 2 N–H and O–H groups in total. The van der Waals surface area contributed by atoms with Crippen LogP contribution < -0.4 is 5.32 Å². The second-order valence-electron chi connectivity index (χ2n) is 4.92. The molecule has 0 saturated heterocycles. The van der Waals surface area contributed by atoms with Gasteiger partial charge in [0.1, 0.15) is 5.69 Å². The molecule has 1 atom stereocenters. The summed E-state index contributed by atoms with van der Waals surface area (Å²) < 4.78 is 0. The first-order valence-corrected chi connectivity index (χ1v) is 6.44. The number of hydrogen-bond acceptors (Lipinski definition) is 1. The van der Waals surface area contributed by atoms with Crippen molar-refractivity contribution in [1.82, 2.24) is 10.3 Å². The molecule has 0 radical (unpaired) electrons. The molecule has 1 unspecified atom stereocenters.